The van der Waals surface area contributed by atoms with E-state index in [-0.39, 0.29) is 17.1 Å². The van der Waals surface area contributed by atoms with Crippen LogP contribution in [0.25, 0.3) is 16.2 Å². The van der Waals surface area contributed by atoms with Gasteiger partial charge in [-0.1, -0.05) is 6.07 Å². The third-order valence-corrected chi connectivity index (χ3v) is 8.25. The fraction of sp³-hybridized carbons (Fsp3) is 0.462. The first-order chi connectivity index (χ1) is 17.2. The predicted molar refractivity (Wildman–Crippen MR) is 141 cm³/mol. The molecular formula is C26H30FN7OS. The van der Waals surface area contributed by atoms with Crippen LogP contribution in [0.15, 0.2) is 34.6 Å². The van der Waals surface area contributed by atoms with Crippen LogP contribution in [0.2, 0.25) is 0 Å². The molecule has 188 valence electrons. The zero-order valence-electron chi connectivity index (χ0n) is 20.9. The number of aromatic nitrogens is 5. The van der Waals surface area contributed by atoms with Crippen molar-refractivity contribution in [1.82, 2.24) is 29.6 Å². The summed E-state index contributed by atoms with van der Waals surface area (Å²) < 4.78 is 17.1. The zero-order valence-corrected chi connectivity index (χ0v) is 21.7. The Labute approximate surface area is 212 Å². The number of nitrogens with one attached hydrogen (secondary N) is 2. The van der Waals surface area contributed by atoms with E-state index in [2.05, 4.69) is 41.6 Å². The van der Waals surface area contributed by atoms with Crippen LogP contribution in [0, 0.1) is 0 Å². The summed E-state index contributed by atoms with van der Waals surface area (Å²) in [4.78, 5) is 27.3. The molecule has 0 spiro atoms. The SMILES string of the molecule is CC(C)n1c(=O)c2cnc(Nc3ccc4c(c3)CCNC4(C)C)nc2n1-c1nc(C2(CF)CC2)cs1. The normalized spacial score (nSPS) is 17.9. The molecule has 0 atom stereocenters. The van der Waals surface area contributed by atoms with E-state index in [0.29, 0.717) is 22.1 Å². The Morgan fingerprint density at radius 3 is 2.78 bits per heavy atom. The van der Waals surface area contributed by atoms with Crippen LogP contribution in [-0.2, 0) is 17.4 Å². The van der Waals surface area contributed by atoms with Crippen molar-refractivity contribution < 1.29 is 4.39 Å². The fourth-order valence-electron chi connectivity index (χ4n) is 5.15. The minimum atomic E-state index is -0.459. The molecule has 2 aliphatic rings. The second-order valence-electron chi connectivity index (χ2n) is 10.7. The van der Waals surface area contributed by atoms with Crippen molar-refractivity contribution >= 4 is 34.0 Å². The molecule has 2 N–H and O–H groups in total. The van der Waals surface area contributed by atoms with E-state index in [0.717, 1.165) is 37.2 Å². The van der Waals surface area contributed by atoms with Gasteiger partial charge >= 0.3 is 0 Å². The molecule has 0 unspecified atom stereocenters. The second-order valence-corrected chi connectivity index (χ2v) is 11.6. The highest BCUT2D eigenvalue weighted by atomic mass is 32.1. The molecule has 1 fully saturated rings. The molecule has 0 amide bonds. The summed E-state index contributed by atoms with van der Waals surface area (Å²) in [6.07, 6.45) is 4.14. The van der Waals surface area contributed by atoms with Gasteiger partial charge in [0.1, 0.15) is 12.1 Å². The Morgan fingerprint density at radius 2 is 2.06 bits per heavy atom. The Kier molecular flexibility index (Phi) is 5.31. The van der Waals surface area contributed by atoms with Crippen LogP contribution in [0.5, 0.6) is 0 Å². The van der Waals surface area contributed by atoms with Crippen molar-refractivity contribution in [2.75, 3.05) is 18.5 Å². The molecule has 1 aliphatic carbocycles. The number of fused-ring (bicyclic) bond motifs is 2. The molecule has 3 aromatic heterocycles. The molecule has 1 saturated carbocycles. The van der Waals surface area contributed by atoms with E-state index >= 15 is 0 Å². The van der Waals surface area contributed by atoms with E-state index in [9.17, 15) is 9.18 Å². The third kappa shape index (κ3) is 3.66. The lowest BCUT2D eigenvalue weighted by Gasteiger charge is -2.34. The molecule has 1 aromatic carbocycles. The Morgan fingerprint density at radius 1 is 1.25 bits per heavy atom. The number of rotatable bonds is 6. The van der Waals surface area contributed by atoms with Gasteiger partial charge in [0.05, 0.1) is 5.69 Å². The van der Waals surface area contributed by atoms with Crippen molar-refractivity contribution in [3.63, 3.8) is 0 Å². The van der Waals surface area contributed by atoms with Gasteiger partial charge in [-0.2, -0.15) is 4.98 Å². The van der Waals surface area contributed by atoms with Crippen LogP contribution >= 0.6 is 11.3 Å². The van der Waals surface area contributed by atoms with E-state index in [1.165, 1.54) is 22.5 Å². The Hall–Kier alpha value is -3.11. The number of nitrogens with zero attached hydrogens (tertiary/aromatic N) is 5. The summed E-state index contributed by atoms with van der Waals surface area (Å²) in [5.74, 6) is 0.407. The summed E-state index contributed by atoms with van der Waals surface area (Å²) in [6.45, 7) is 8.80. The van der Waals surface area contributed by atoms with Gasteiger partial charge in [-0.05, 0) is 76.8 Å². The first-order valence-electron chi connectivity index (χ1n) is 12.4. The van der Waals surface area contributed by atoms with Gasteiger partial charge in [0.25, 0.3) is 5.56 Å². The average Bonchev–Trinajstić information content (AvgIpc) is 3.39. The summed E-state index contributed by atoms with van der Waals surface area (Å²) in [6, 6.07) is 6.21. The molecule has 0 radical (unpaired) electrons. The minimum Gasteiger partial charge on any atom is -0.324 e. The van der Waals surface area contributed by atoms with Gasteiger partial charge in [-0.3, -0.25) is 9.18 Å². The highest BCUT2D eigenvalue weighted by Gasteiger charge is 2.46. The monoisotopic (exact) mass is 507 g/mol. The molecule has 36 heavy (non-hydrogen) atoms. The highest BCUT2D eigenvalue weighted by molar-refractivity contribution is 7.12. The maximum absolute atomic E-state index is 13.7. The van der Waals surface area contributed by atoms with Crippen LogP contribution in [-0.4, -0.2) is 37.5 Å². The first kappa shape index (κ1) is 23.3. The van der Waals surface area contributed by atoms with Gasteiger partial charge < -0.3 is 10.6 Å². The number of hydrogen-bond acceptors (Lipinski definition) is 7. The van der Waals surface area contributed by atoms with Gasteiger partial charge in [0, 0.05) is 34.3 Å². The molecule has 1 aliphatic heterocycles. The predicted octanol–water partition coefficient (Wildman–Crippen LogP) is 4.75. The van der Waals surface area contributed by atoms with Crippen LogP contribution < -0.4 is 16.2 Å². The molecule has 10 heteroatoms. The van der Waals surface area contributed by atoms with Crippen LogP contribution in [0.4, 0.5) is 16.0 Å². The smallest absolute Gasteiger partial charge is 0.278 e. The van der Waals surface area contributed by atoms with Gasteiger partial charge in [-0.15, -0.1) is 11.3 Å². The maximum atomic E-state index is 13.7. The largest absolute Gasteiger partial charge is 0.324 e. The number of hydrogen-bond donors (Lipinski definition) is 2. The molecule has 0 saturated heterocycles. The fourth-order valence-corrected chi connectivity index (χ4v) is 6.09. The Bertz CT molecular complexity index is 1530. The molecular weight excluding hydrogens is 477 g/mol. The molecule has 8 nitrogen and oxygen atoms in total. The van der Waals surface area contributed by atoms with E-state index in [1.54, 1.807) is 15.6 Å². The van der Waals surface area contributed by atoms with Crippen molar-refractivity contribution in [2.45, 2.75) is 64.0 Å². The minimum absolute atomic E-state index is 0.0644. The summed E-state index contributed by atoms with van der Waals surface area (Å²) in [5, 5.41) is 9.83. The average molecular weight is 508 g/mol. The summed E-state index contributed by atoms with van der Waals surface area (Å²) in [7, 11) is 0. The topological polar surface area (TPSA) is 89.7 Å². The highest BCUT2D eigenvalue weighted by Crippen LogP contribution is 2.48. The second kappa shape index (κ2) is 8.21. The molecule has 4 heterocycles. The standard InChI is InChI=1S/C26H30FN7OS/c1-15(2)33-22(35)18-12-28-23(30-17-5-6-19-16(11-17)7-10-29-25(19,3)4)32-21(18)34(33)24-31-20(13-36-24)26(14-27)8-9-26/h5-6,11-13,15,29H,7-10,14H2,1-4H3,(H,28,30,32). The lowest BCUT2D eigenvalue weighted by atomic mass is 9.85. The first-order valence-corrected chi connectivity index (χ1v) is 13.3. The number of halogens is 1. The summed E-state index contributed by atoms with van der Waals surface area (Å²) >= 11 is 1.41. The number of alkyl halides is 1. The molecule has 6 rings (SSSR count). The quantitative estimate of drug-likeness (QED) is 0.392. The van der Waals surface area contributed by atoms with E-state index in [1.807, 2.05) is 25.3 Å². The lowest BCUT2D eigenvalue weighted by molar-refractivity contribution is 0.382. The number of benzene rings is 1. The maximum Gasteiger partial charge on any atom is 0.278 e. The van der Waals surface area contributed by atoms with Gasteiger partial charge in [0.2, 0.25) is 11.1 Å². The van der Waals surface area contributed by atoms with Crippen LogP contribution in [0.3, 0.4) is 0 Å². The van der Waals surface area contributed by atoms with Gasteiger partial charge in [-0.25, -0.2) is 19.3 Å². The van der Waals surface area contributed by atoms with Crippen molar-refractivity contribution in [3.05, 3.63) is 57.0 Å². The number of anilines is 2. The third-order valence-electron chi connectivity index (χ3n) is 7.43. The zero-order chi connectivity index (χ0) is 25.2. The lowest BCUT2D eigenvalue weighted by Crippen LogP contribution is -2.42. The Balaban J connectivity index is 1.42. The van der Waals surface area contributed by atoms with E-state index in [4.69, 9.17) is 9.97 Å². The van der Waals surface area contributed by atoms with Crippen molar-refractivity contribution in [2.24, 2.45) is 0 Å². The van der Waals surface area contributed by atoms with Gasteiger partial charge in [0.15, 0.2) is 5.65 Å². The number of thiazole rings is 1. The van der Waals surface area contributed by atoms with Crippen molar-refractivity contribution in [1.29, 1.82) is 0 Å². The van der Waals surface area contributed by atoms with E-state index < -0.39 is 12.1 Å². The van der Waals surface area contributed by atoms with Crippen LogP contribution in [0.1, 0.15) is 63.4 Å². The molecule has 0 bridgehead atoms. The van der Waals surface area contributed by atoms with Crippen molar-refractivity contribution in [3.8, 4) is 5.13 Å². The summed E-state index contributed by atoms with van der Waals surface area (Å²) in [5.41, 5.74) is 4.04. The molecule has 4 aromatic rings.